The highest BCUT2D eigenvalue weighted by Gasteiger charge is 1.99. The van der Waals surface area contributed by atoms with Gasteiger partial charge in [-0.15, -0.1) is 0 Å². The van der Waals surface area contributed by atoms with Crippen molar-refractivity contribution < 1.29 is 15.0 Å². The summed E-state index contributed by atoms with van der Waals surface area (Å²) in [5, 5.41) is 17.1. The molecular formula is C8H11NO3. The van der Waals surface area contributed by atoms with E-state index < -0.39 is 5.97 Å². The third kappa shape index (κ3) is 2.34. The van der Waals surface area contributed by atoms with Crippen molar-refractivity contribution in [1.82, 2.24) is 6.15 Å². The fourth-order valence-corrected chi connectivity index (χ4v) is 0.753. The summed E-state index contributed by atoms with van der Waals surface area (Å²) in [6, 6.07) is 6.11. The summed E-state index contributed by atoms with van der Waals surface area (Å²) in [6.45, 7) is -0.0557. The van der Waals surface area contributed by atoms with Crippen molar-refractivity contribution in [3.63, 3.8) is 0 Å². The standard InChI is InChI=1S/C8H8O3.H3N/c9-5-6-1-3-7(4-2-6)8(10)11;/h1-4,9H,5H2,(H,10,11);1H3. The zero-order valence-electron chi connectivity index (χ0n) is 6.53. The average Bonchev–Trinajstić information content (AvgIpc) is 2.05. The third-order valence-corrected chi connectivity index (χ3v) is 1.38. The first-order valence-electron chi connectivity index (χ1n) is 3.17. The molecule has 5 N–H and O–H groups in total. The van der Waals surface area contributed by atoms with Gasteiger partial charge in [-0.25, -0.2) is 4.79 Å². The maximum absolute atomic E-state index is 10.3. The summed E-state index contributed by atoms with van der Waals surface area (Å²) in [5.41, 5.74) is 0.956. The van der Waals surface area contributed by atoms with Gasteiger partial charge in [0.25, 0.3) is 0 Å². The van der Waals surface area contributed by atoms with Crippen LogP contribution < -0.4 is 6.15 Å². The van der Waals surface area contributed by atoms with Gasteiger partial charge in [-0.2, -0.15) is 0 Å². The van der Waals surface area contributed by atoms with E-state index in [4.69, 9.17) is 10.2 Å². The Hall–Kier alpha value is -1.39. The number of rotatable bonds is 2. The Bertz CT molecular complexity index is 256. The molecule has 0 aliphatic rings. The molecule has 0 saturated heterocycles. The number of carboxylic acid groups (broad SMARTS) is 1. The molecule has 1 aromatic rings. The zero-order chi connectivity index (χ0) is 8.27. The molecule has 0 atom stereocenters. The fourth-order valence-electron chi connectivity index (χ4n) is 0.753. The number of aliphatic hydroxyl groups excluding tert-OH is 1. The molecule has 0 aliphatic carbocycles. The van der Waals surface area contributed by atoms with Crippen LogP contribution >= 0.6 is 0 Å². The van der Waals surface area contributed by atoms with E-state index in [-0.39, 0.29) is 18.3 Å². The predicted octanol–water partition coefficient (Wildman–Crippen LogP) is 1.04. The lowest BCUT2D eigenvalue weighted by Gasteiger charge is -1.95. The van der Waals surface area contributed by atoms with Crippen molar-refractivity contribution in [3.05, 3.63) is 35.4 Å². The molecule has 0 unspecified atom stereocenters. The Morgan fingerprint density at radius 1 is 1.25 bits per heavy atom. The van der Waals surface area contributed by atoms with Crippen LogP contribution in [0.5, 0.6) is 0 Å². The molecule has 0 aliphatic heterocycles. The lowest BCUT2D eigenvalue weighted by molar-refractivity contribution is 0.0697. The molecule has 12 heavy (non-hydrogen) atoms. The molecule has 0 bridgehead atoms. The Kier molecular flexibility index (Phi) is 3.96. The molecule has 1 rings (SSSR count). The van der Waals surface area contributed by atoms with Gasteiger partial charge in [-0.3, -0.25) is 0 Å². The highest BCUT2D eigenvalue weighted by atomic mass is 16.4. The number of carbonyl (C=O) groups is 1. The summed E-state index contributed by atoms with van der Waals surface area (Å²) in [5.74, 6) is -0.950. The normalized spacial score (nSPS) is 8.75. The van der Waals surface area contributed by atoms with Crippen molar-refractivity contribution >= 4 is 5.97 Å². The molecule has 0 heterocycles. The van der Waals surface area contributed by atoms with Gasteiger partial charge in [0.1, 0.15) is 0 Å². The van der Waals surface area contributed by atoms with Gasteiger partial charge in [0.2, 0.25) is 0 Å². The Balaban J connectivity index is 0.00000121. The van der Waals surface area contributed by atoms with Crippen LogP contribution in [0.4, 0.5) is 0 Å². The van der Waals surface area contributed by atoms with Crippen molar-refractivity contribution in [2.24, 2.45) is 0 Å². The summed E-state index contributed by atoms with van der Waals surface area (Å²) in [6.07, 6.45) is 0. The van der Waals surface area contributed by atoms with E-state index in [1.807, 2.05) is 0 Å². The largest absolute Gasteiger partial charge is 0.478 e. The lowest BCUT2D eigenvalue weighted by Crippen LogP contribution is -1.95. The minimum absolute atomic E-state index is 0. The molecule has 0 aromatic heterocycles. The van der Waals surface area contributed by atoms with E-state index in [2.05, 4.69) is 0 Å². The lowest BCUT2D eigenvalue weighted by atomic mass is 10.1. The van der Waals surface area contributed by atoms with E-state index in [1.54, 1.807) is 12.1 Å². The van der Waals surface area contributed by atoms with Crippen LogP contribution in [0.2, 0.25) is 0 Å². The van der Waals surface area contributed by atoms with Gasteiger partial charge >= 0.3 is 5.97 Å². The molecule has 4 heteroatoms. The van der Waals surface area contributed by atoms with Gasteiger partial charge in [-0.1, -0.05) is 12.1 Å². The van der Waals surface area contributed by atoms with Gasteiger partial charge in [0.15, 0.2) is 0 Å². The summed E-state index contributed by atoms with van der Waals surface area (Å²) >= 11 is 0. The number of aromatic carboxylic acids is 1. The average molecular weight is 169 g/mol. The first kappa shape index (κ1) is 10.6. The smallest absolute Gasteiger partial charge is 0.335 e. The molecule has 0 amide bonds. The van der Waals surface area contributed by atoms with E-state index >= 15 is 0 Å². The van der Waals surface area contributed by atoms with Crippen molar-refractivity contribution in [2.45, 2.75) is 6.61 Å². The number of carboxylic acids is 1. The van der Waals surface area contributed by atoms with Crippen LogP contribution in [0.15, 0.2) is 24.3 Å². The zero-order valence-corrected chi connectivity index (χ0v) is 6.53. The Morgan fingerprint density at radius 2 is 1.75 bits per heavy atom. The monoisotopic (exact) mass is 169 g/mol. The Morgan fingerprint density at radius 3 is 2.08 bits per heavy atom. The highest BCUT2D eigenvalue weighted by Crippen LogP contribution is 2.03. The molecule has 1 aromatic carbocycles. The van der Waals surface area contributed by atoms with Crippen molar-refractivity contribution in [1.29, 1.82) is 0 Å². The Labute approximate surface area is 70.0 Å². The number of hydrogen-bond acceptors (Lipinski definition) is 3. The first-order chi connectivity index (χ1) is 5.24. The topological polar surface area (TPSA) is 92.5 Å². The molecule has 0 radical (unpaired) electrons. The highest BCUT2D eigenvalue weighted by molar-refractivity contribution is 5.87. The van der Waals surface area contributed by atoms with E-state index in [0.717, 1.165) is 5.56 Å². The minimum atomic E-state index is -0.950. The summed E-state index contributed by atoms with van der Waals surface area (Å²) in [4.78, 5) is 10.3. The van der Waals surface area contributed by atoms with Gasteiger partial charge < -0.3 is 16.4 Å². The molecule has 0 fully saturated rings. The summed E-state index contributed by atoms with van der Waals surface area (Å²) < 4.78 is 0. The number of benzene rings is 1. The second-order valence-corrected chi connectivity index (χ2v) is 2.16. The van der Waals surface area contributed by atoms with Gasteiger partial charge in [0, 0.05) is 0 Å². The minimum Gasteiger partial charge on any atom is -0.478 e. The third-order valence-electron chi connectivity index (χ3n) is 1.38. The van der Waals surface area contributed by atoms with E-state index in [0.29, 0.717) is 0 Å². The SMILES string of the molecule is N.O=C(O)c1ccc(CO)cc1. The molecule has 4 nitrogen and oxygen atoms in total. The number of aliphatic hydroxyl groups is 1. The maximum atomic E-state index is 10.3. The predicted molar refractivity (Wildman–Crippen MR) is 44.3 cm³/mol. The maximum Gasteiger partial charge on any atom is 0.335 e. The van der Waals surface area contributed by atoms with Gasteiger partial charge in [-0.05, 0) is 17.7 Å². The quantitative estimate of drug-likeness (QED) is 0.616. The molecule has 66 valence electrons. The van der Waals surface area contributed by atoms with Crippen molar-refractivity contribution in [2.75, 3.05) is 0 Å². The molecular weight excluding hydrogens is 158 g/mol. The van der Waals surface area contributed by atoms with Crippen LogP contribution in [0.3, 0.4) is 0 Å². The van der Waals surface area contributed by atoms with Crippen LogP contribution in [0.25, 0.3) is 0 Å². The second kappa shape index (κ2) is 4.48. The number of hydrogen-bond donors (Lipinski definition) is 3. The molecule has 0 spiro atoms. The van der Waals surface area contributed by atoms with Crippen LogP contribution in [-0.4, -0.2) is 16.2 Å². The second-order valence-electron chi connectivity index (χ2n) is 2.16. The summed E-state index contributed by atoms with van der Waals surface area (Å²) in [7, 11) is 0. The van der Waals surface area contributed by atoms with Gasteiger partial charge in [0.05, 0.1) is 12.2 Å². The van der Waals surface area contributed by atoms with E-state index in [9.17, 15) is 4.79 Å². The van der Waals surface area contributed by atoms with Crippen LogP contribution in [0, 0.1) is 0 Å². The van der Waals surface area contributed by atoms with Crippen LogP contribution in [0.1, 0.15) is 15.9 Å². The first-order valence-corrected chi connectivity index (χ1v) is 3.17. The molecule has 0 saturated carbocycles. The van der Waals surface area contributed by atoms with E-state index in [1.165, 1.54) is 12.1 Å². The van der Waals surface area contributed by atoms with Crippen LogP contribution in [-0.2, 0) is 6.61 Å². The fraction of sp³-hybridized carbons (Fsp3) is 0.125. The van der Waals surface area contributed by atoms with Crippen molar-refractivity contribution in [3.8, 4) is 0 Å².